The van der Waals surface area contributed by atoms with Crippen LogP contribution in [0.2, 0.25) is 0 Å². The second-order valence-electron chi connectivity index (χ2n) is 6.94. The normalized spacial score (nSPS) is 26.9. The van der Waals surface area contributed by atoms with Crippen molar-refractivity contribution in [2.24, 2.45) is 0 Å². The number of carbonyl (C=O) groups is 1. The van der Waals surface area contributed by atoms with Crippen LogP contribution in [0.4, 0.5) is 0 Å². The predicted octanol–water partition coefficient (Wildman–Crippen LogP) is 2.51. The molecule has 1 N–H and O–H groups in total. The largest absolute Gasteiger partial charge is 0.482 e. The van der Waals surface area contributed by atoms with Crippen molar-refractivity contribution < 1.29 is 19.0 Å². The number of amides is 1. The molecule has 2 aromatic rings. The molecule has 1 aliphatic carbocycles. The van der Waals surface area contributed by atoms with Crippen LogP contribution in [-0.2, 0) is 4.79 Å². The average molecular weight is 369 g/mol. The monoisotopic (exact) mass is 369 g/mol. The quantitative estimate of drug-likeness (QED) is 0.892. The third-order valence-electron chi connectivity index (χ3n) is 4.94. The van der Waals surface area contributed by atoms with Crippen LogP contribution in [-0.4, -0.2) is 40.2 Å². The highest BCUT2D eigenvalue weighted by Crippen LogP contribution is 2.33. The Labute approximate surface area is 158 Å². The zero-order chi connectivity index (χ0) is 18.6. The third-order valence-corrected chi connectivity index (χ3v) is 4.94. The number of rotatable bonds is 4. The van der Waals surface area contributed by atoms with Crippen molar-refractivity contribution in [3.05, 3.63) is 42.7 Å². The van der Waals surface area contributed by atoms with Gasteiger partial charge in [-0.2, -0.15) is 0 Å². The Kier molecular flexibility index (Phi) is 5.09. The Bertz CT molecular complexity index is 778. The molecule has 1 aliphatic heterocycles. The lowest BCUT2D eigenvalue weighted by Gasteiger charge is -2.33. The van der Waals surface area contributed by atoms with Gasteiger partial charge in [0.2, 0.25) is 6.10 Å². The van der Waals surface area contributed by atoms with Gasteiger partial charge in [-0.25, -0.2) is 9.97 Å². The molecule has 2 heterocycles. The molecule has 27 heavy (non-hydrogen) atoms. The first-order chi connectivity index (χ1) is 13.2. The SMILES string of the molecule is CC1Oc2ccccc2OC1C(=O)NC1CCC(Oc2ncccn2)CC1. The highest BCUT2D eigenvalue weighted by atomic mass is 16.6. The van der Waals surface area contributed by atoms with Crippen LogP contribution >= 0.6 is 0 Å². The number of nitrogens with one attached hydrogen (secondary N) is 1. The Balaban J connectivity index is 1.28. The number of aromatic nitrogens is 2. The third kappa shape index (κ3) is 4.13. The summed E-state index contributed by atoms with van der Waals surface area (Å²) >= 11 is 0. The zero-order valence-electron chi connectivity index (χ0n) is 15.2. The van der Waals surface area contributed by atoms with Crippen LogP contribution in [0.25, 0.3) is 0 Å². The summed E-state index contributed by atoms with van der Waals surface area (Å²) in [5.41, 5.74) is 0. The van der Waals surface area contributed by atoms with Crippen LogP contribution in [0.15, 0.2) is 42.7 Å². The molecule has 0 spiro atoms. The molecule has 2 atom stereocenters. The number of nitrogens with zero attached hydrogens (tertiary/aromatic N) is 2. The lowest BCUT2D eigenvalue weighted by atomic mass is 9.92. The van der Waals surface area contributed by atoms with Crippen molar-refractivity contribution in [1.82, 2.24) is 15.3 Å². The minimum absolute atomic E-state index is 0.0839. The predicted molar refractivity (Wildman–Crippen MR) is 97.8 cm³/mol. The minimum Gasteiger partial charge on any atom is -0.482 e. The Morgan fingerprint density at radius 3 is 2.41 bits per heavy atom. The van der Waals surface area contributed by atoms with Gasteiger partial charge >= 0.3 is 6.01 Å². The topological polar surface area (TPSA) is 82.6 Å². The van der Waals surface area contributed by atoms with Crippen LogP contribution < -0.4 is 19.5 Å². The van der Waals surface area contributed by atoms with Crippen LogP contribution in [0.1, 0.15) is 32.6 Å². The van der Waals surface area contributed by atoms with Crippen LogP contribution in [0.3, 0.4) is 0 Å². The van der Waals surface area contributed by atoms with Gasteiger partial charge < -0.3 is 19.5 Å². The molecule has 1 amide bonds. The number of para-hydroxylation sites is 2. The molecule has 7 nitrogen and oxygen atoms in total. The van der Waals surface area contributed by atoms with Gasteiger partial charge in [-0.15, -0.1) is 0 Å². The number of hydrogen-bond donors (Lipinski definition) is 1. The molecule has 1 saturated carbocycles. The molecular weight excluding hydrogens is 346 g/mol. The van der Waals surface area contributed by atoms with E-state index in [1.54, 1.807) is 18.5 Å². The number of ether oxygens (including phenoxy) is 3. The Morgan fingerprint density at radius 1 is 1.04 bits per heavy atom. The van der Waals surface area contributed by atoms with E-state index in [0.717, 1.165) is 25.7 Å². The lowest BCUT2D eigenvalue weighted by molar-refractivity contribution is -0.134. The van der Waals surface area contributed by atoms with Gasteiger partial charge in [0.15, 0.2) is 11.5 Å². The van der Waals surface area contributed by atoms with Crippen molar-refractivity contribution in [3.63, 3.8) is 0 Å². The van der Waals surface area contributed by atoms with E-state index in [0.29, 0.717) is 17.5 Å². The van der Waals surface area contributed by atoms with Gasteiger partial charge in [-0.1, -0.05) is 12.1 Å². The summed E-state index contributed by atoms with van der Waals surface area (Å²) in [5.74, 6) is 1.15. The molecular formula is C20H23N3O4. The summed E-state index contributed by atoms with van der Waals surface area (Å²) in [7, 11) is 0. The van der Waals surface area contributed by atoms with Gasteiger partial charge in [0, 0.05) is 18.4 Å². The average Bonchev–Trinajstić information content (AvgIpc) is 2.69. The molecule has 1 fully saturated rings. The van der Waals surface area contributed by atoms with Gasteiger partial charge in [0.1, 0.15) is 12.2 Å². The van der Waals surface area contributed by atoms with Crippen molar-refractivity contribution in [2.75, 3.05) is 0 Å². The summed E-state index contributed by atoms with van der Waals surface area (Å²) in [6, 6.07) is 9.69. The number of benzene rings is 1. The van der Waals surface area contributed by atoms with E-state index in [4.69, 9.17) is 14.2 Å². The highest BCUT2D eigenvalue weighted by molar-refractivity contribution is 5.82. The van der Waals surface area contributed by atoms with E-state index in [9.17, 15) is 4.79 Å². The Hall–Kier alpha value is -2.83. The summed E-state index contributed by atoms with van der Waals surface area (Å²) in [6.45, 7) is 1.85. The Morgan fingerprint density at radius 2 is 1.70 bits per heavy atom. The fourth-order valence-electron chi connectivity index (χ4n) is 3.51. The molecule has 0 saturated heterocycles. The lowest BCUT2D eigenvalue weighted by Crippen LogP contribution is -2.52. The second kappa shape index (κ2) is 7.82. The van der Waals surface area contributed by atoms with E-state index in [1.807, 2.05) is 31.2 Å². The summed E-state index contributed by atoms with van der Waals surface area (Å²) < 4.78 is 17.5. The maximum absolute atomic E-state index is 12.7. The zero-order valence-corrected chi connectivity index (χ0v) is 15.2. The van der Waals surface area contributed by atoms with E-state index >= 15 is 0 Å². The molecule has 0 bridgehead atoms. The molecule has 4 rings (SSSR count). The highest BCUT2D eigenvalue weighted by Gasteiger charge is 2.35. The van der Waals surface area contributed by atoms with Gasteiger partial charge in [-0.05, 0) is 50.8 Å². The summed E-state index contributed by atoms with van der Waals surface area (Å²) in [4.78, 5) is 20.9. The van der Waals surface area contributed by atoms with E-state index in [2.05, 4.69) is 15.3 Å². The molecule has 0 radical (unpaired) electrons. The smallest absolute Gasteiger partial charge is 0.316 e. The van der Waals surface area contributed by atoms with Crippen molar-refractivity contribution in [2.45, 2.75) is 57.0 Å². The first-order valence-electron chi connectivity index (χ1n) is 9.35. The maximum atomic E-state index is 12.7. The van der Waals surface area contributed by atoms with E-state index in [-0.39, 0.29) is 24.2 Å². The first kappa shape index (κ1) is 17.6. The fourth-order valence-corrected chi connectivity index (χ4v) is 3.51. The van der Waals surface area contributed by atoms with Crippen molar-refractivity contribution in [3.8, 4) is 17.5 Å². The minimum atomic E-state index is -0.647. The van der Waals surface area contributed by atoms with E-state index in [1.165, 1.54) is 0 Å². The second-order valence-corrected chi connectivity index (χ2v) is 6.94. The van der Waals surface area contributed by atoms with Crippen LogP contribution in [0.5, 0.6) is 17.5 Å². The summed E-state index contributed by atoms with van der Waals surface area (Å²) in [6.07, 6.45) is 5.83. The van der Waals surface area contributed by atoms with Gasteiger partial charge in [0.25, 0.3) is 5.91 Å². The van der Waals surface area contributed by atoms with E-state index < -0.39 is 6.10 Å². The van der Waals surface area contributed by atoms with Crippen LogP contribution in [0, 0.1) is 0 Å². The molecule has 142 valence electrons. The molecule has 1 aromatic carbocycles. The number of fused-ring (bicyclic) bond motifs is 1. The fraction of sp³-hybridized carbons (Fsp3) is 0.450. The molecule has 2 aliphatic rings. The molecule has 1 aromatic heterocycles. The maximum Gasteiger partial charge on any atom is 0.316 e. The van der Waals surface area contributed by atoms with Crippen molar-refractivity contribution in [1.29, 1.82) is 0 Å². The van der Waals surface area contributed by atoms with Gasteiger partial charge in [0.05, 0.1) is 0 Å². The first-order valence-corrected chi connectivity index (χ1v) is 9.35. The summed E-state index contributed by atoms with van der Waals surface area (Å²) in [5, 5.41) is 3.10. The molecule has 7 heteroatoms. The van der Waals surface area contributed by atoms with Gasteiger partial charge in [-0.3, -0.25) is 4.79 Å². The van der Waals surface area contributed by atoms with Crippen molar-refractivity contribution >= 4 is 5.91 Å². The standard InChI is InChI=1S/C20H23N3O4/c1-13-18(27-17-6-3-2-5-16(17)25-13)19(24)23-14-7-9-15(10-8-14)26-20-21-11-4-12-22-20/h2-6,11-15,18H,7-10H2,1H3,(H,23,24). The molecule has 2 unspecified atom stereocenters. The number of hydrogen-bond acceptors (Lipinski definition) is 6. The number of carbonyl (C=O) groups excluding carboxylic acids is 1.